The number of ether oxygens (including phenoxy) is 2. The molecule has 3 heteroatoms. The van der Waals surface area contributed by atoms with E-state index in [2.05, 4.69) is 13.5 Å². The van der Waals surface area contributed by atoms with Gasteiger partial charge >= 0.3 is 6.16 Å². The van der Waals surface area contributed by atoms with Crippen molar-refractivity contribution in [2.75, 3.05) is 13.2 Å². The Labute approximate surface area is 78.7 Å². The van der Waals surface area contributed by atoms with Crippen LogP contribution < -0.4 is 0 Å². The fourth-order valence-electron chi connectivity index (χ4n) is 1.33. The number of rotatable bonds is 3. The van der Waals surface area contributed by atoms with Crippen LogP contribution >= 0.6 is 0 Å². The van der Waals surface area contributed by atoms with Gasteiger partial charge in [-0.3, -0.25) is 0 Å². The molecule has 0 amide bonds. The first kappa shape index (κ1) is 10.1. The lowest BCUT2D eigenvalue weighted by atomic mass is 9.82. The third-order valence-corrected chi connectivity index (χ3v) is 2.42. The maximum Gasteiger partial charge on any atom is 0.508 e. The van der Waals surface area contributed by atoms with Crippen LogP contribution in [-0.2, 0) is 9.47 Å². The van der Waals surface area contributed by atoms with Gasteiger partial charge in [0, 0.05) is 0 Å². The molecule has 1 heterocycles. The highest BCUT2D eigenvalue weighted by Gasteiger charge is 2.35. The average Bonchev–Trinajstić information content (AvgIpc) is 2.11. The van der Waals surface area contributed by atoms with Crippen molar-refractivity contribution in [1.29, 1.82) is 0 Å². The van der Waals surface area contributed by atoms with Crippen LogP contribution in [0.3, 0.4) is 0 Å². The summed E-state index contributed by atoms with van der Waals surface area (Å²) in [5.74, 6) is 0. The van der Waals surface area contributed by atoms with Crippen LogP contribution in [0.4, 0.5) is 4.79 Å². The minimum Gasteiger partial charge on any atom is -0.433 e. The van der Waals surface area contributed by atoms with Gasteiger partial charge in [0.05, 0.1) is 5.41 Å². The van der Waals surface area contributed by atoms with Crippen molar-refractivity contribution in [2.24, 2.45) is 5.41 Å². The Hall–Kier alpha value is -0.990. The third-order valence-electron chi connectivity index (χ3n) is 2.42. The molecule has 0 N–H and O–H groups in total. The minimum absolute atomic E-state index is 0.191. The first-order chi connectivity index (χ1) is 6.08. The molecule has 0 spiro atoms. The quantitative estimate of drug-likeness (QED) is 0.499. The van der Waals surface area contributed by atoms with Crippen LogP contribution in [0.15, 0.2) is 12.2 Å². The Balaban J connectivity index is 2.56. The lowest BCUT2D eigenvalue weighted by Gasteiger charge is -2.33. The van der Waals surface area contributed by atoms with Crippen molar-refractivity contribution in [2.45, 2.75) is 26.7 Å². The Kier molecular flexibility index (Phi) is 2.96. The fraction of sp³-hybridized carbons (Fsp3) is 0.700. The van der Waals surface area contributed by atoms with Crippen LogP contribution in [0, 0.1) is 5.41 Å². The molecule has 1 rings (SSSR count). The van der Waals surface area contributed by atoms with Gasteiger partial charge in [-0.05, 0) is 13.3 Å². The van der Waals surface area contributed by atoms with Crippen molar-refractivity contribution >= 4 is 6.16 Å². The van der Waals surface area contributed by atoms with Crippen LogP contribution in [0.5, 0.6) is 0 Å². The number of carbonyl (C=O) groups is 1. The zero-order valence-electron chi connectivity index (χ0n) is 8.26. The second kappa shape index (κ2) is 3.81. The Bertz CT molecular complexity index is 210. The summed E-state index contributed by atoms with van der Waals surface area (Å²) in [5.41, 5.74) is 0.909. The number of hydrogen-bond donors (Lipinski definition) is 0. The number of hydrogen-bond acceptors (Lipinski definition) is 3. The molecule has 0 aliphatic carbocycles. The predicted molar refractivity (Wildman–Crippen MR) is 49.5 cm³/mol. The van der Waals surface area contributed by atoms with E-state index in [9.17, 15) is 4.79 Å². The van der Waals surface area contributed by atoms with Crippen LogP contribution in [0.1, 0.15) is 26.7 Å². The van der Waals surface area contributed by atoms with E-state index >= 15 is 0 Å². The summed E-state index contributed by atoms with van der Waals surface area (Å²) in [7, 11) is 0. The van der Waals surface area contributed by atoms with E-state index in [0.717, 1.165) is 18.4 Å². The maximum absolute atomic E-state index is 10.7. The normalized spacial score (nSPS) is 20.3. The van der Waals surface area contributed by atoms with Crippen molar-refractivity contribution < 1.29 is 14.3 Å². The van der Waals surface area contributed by atoms with E-state index in [0.29, 0.717) is 13.2 Å². The summed E-state index contributed by atoms with van der Waals surface area (Å²) in [6.07, 6.45) is 1.45. The largest absolute Gasteiger partial charge is 0.508 e. The molecular formula is C10H16O3. The second-order valence-corrected chi connectivity index (χ2v) is 3.74. The molecule has 74 valence electrons. The molecule has 0 aromatic heterocycles. The smallest absolute Gasteiger partial charge is 0.433 e. The molecule has 0 aromatic rings. The first-order valence-electron chi connectivity index (χ1n) is 4.56. The molecule has 13 heavy (non-hydrogen) atoms. The third kappa shape index (κ3) is 2.23. The Morgan fingerprint density at radius 3 is 2.54 bits per heavy atom. The fourth-order valence-corrected chi connectivity index (χ4v) is 1.33. The van der Waals surface area contributed by atoms with E-state index in [1.54, 1.807) is 0 Å². The lowest BCUT2D eigenvalue weighted by Crippen LogP contribution is -2.38. The first-order valence-corrected chi connectivity index (χ1v) is 4.56. The van der Waals surface area contributed by atoms with E-state index in [-0.39, 0.29) is 5.41 Å². The van der Waals surface area contributed by atoms with Gasteiger partial charge in [-0.25, -0.2) is 4.79 Å². The topological polar surface area (TPSA) is 35.5 Å². The van der Waals surface area contributed by atoms with Crippen LogP contribution in [-0.4, -0.2) is 19.4 Å². The van der Waals surface area contributed by atoms with Gasteiger partial charge in [0.25, 0.3) is 0 Å². The molecule has 0 radical (unpaired) electrons. The average molecular weight is 184 g/mol. The highest BCUT2D eigenvalue weighted by molar-refractivity contribution is 5.60. The molecule has 3 nitrogen and oxygen atoms in total. The van der Waals surface area contributed by atoms with Crippen molar-refractivity contribution in [1.82, 2.24) is 0 Å². The maximum atomic E-state index is 10.7. The van der Waals surface area contributed by atoms with Crippen LogP contribution in [0.2, 0.25) is 0 Å². The summed E-state index contributed by atoms with van der Waals surface area (Å²) in [6, 6.07) is 0. The summed E-state index contributed by atoms with van der Waals surface area (Å²) in [6.45, 7) is 8.89. The molecule has 1 saturated heterocycles. The van der Waals surface area contributed by atoms with Gasteiger partial charge in [-0.15, -0.1) is 0 Å². The highest BCUT2D eigenvalue weighted by atomic mass is 16.7. The van der Waals surface area contributed by atoms with E-state index in [1.807, 2.05) is 6.92 Å². The number of carbonyl (C=O) groups excluding carboxylic acids is 1. The van der Waals surface area contributed by atoms with E-state index < -0.39 is 6.16 Å². The second-order valence-electron chi connectivity index (χ2n) is 3.74. The summed E-state index contributed by atoms with van der Waals surface area (Å²) in [5, 5.41) is 0. The van der Waals surface area contributed by atoms with Crippen molar-refractivity contribution in [3.8, 4) is 0 Å². The van der Waals surface area contributed by atoms with Gasteiger partial charge in [-0.1, -0.05) is 25.5 Å². The molecule has 1 fully saturated rings. The SMILES string of the molecule is C=C(CCC)C1(C)COC(=O)OC1. The zero-order valence-corrected chi connectivity index (χ0v) is 8.26. The van der Waals surface area contributed by atoms with Crippen molar-refractivity contribution in [3.63, 3.8) is 0 Å². The standard InChI is InChI=1S/C10H16O3/c1-4-5-8(2)10(3)6-12-9(11)13-7-10/h2,4-7H2,1,3H3. The molecule has 1 aliphatic heterocycles. The van der Waals surface area contributed by atoms with Gasteiger partial charge in [0.2, 0.25) is 0 Å². The monoisotopic (exact) mass is 184 g/mol. The molecule has 1 aliphatic rings. The summed E-state index contributed by atoms with van der Waals surface area (Å²) < 4.78 is 9.68. The molecule has 0 saturated carbocycles. The highest BCUT2D eigenvalue weighted by Crippen LogP contribution is 2.32. The van der Waals surface area contributed by atoms with E-state index in [1.165, 1.54) is 0 Å². The number of cyclic esters (lactones) is 2. The molecule has 0 aromatic carbocycles. The molecular weight excluding hydrogens is 168 g/mol. The molecule has 0 atom stereocenters. The lowest BCUT2D eigenvalue weighted by molar-refractivity contribution is -0.0383. The van der Waals surface area contributed by atoms with Crippen molar-refractivity contribution in [3.05, 3.63) is 12.2 Å². The summed E-state index contributed by atoms with van der Waals surface area (Å²) >= 11 is 0. The van der Waals surface area contributed by atoms with E-state index in [4.69, 9.17) is 9.47 Å². The molecule has 0 unspecified atom stereocenters. The minimum atomic E-state index is -0.568. The van der Waals surface area contributed by atoms with Gasteiger partial charge < -0.3 is 9.47 Å². The predicted octanol–water partition coefficient (Wildman–Crippen LogP) is 2.52. The zero-order chi connectivity index (χ0) is 9.90. The Morgan fingerprint density at radius 1 is 1.54 bits per heavy atom. The molecule has 0 bridgehead atoms. The van der Waals surface area contributed by atoms with Gasteiger partial charge in [0.15, 0.2) is 0 Å². The Morgan fingerprint density at radius 2 is 2.08 bits per heavy atom. The van der Waals surface area contributed by atoms with Gasteiger partial charge in [-0.2, -0.15) is 0 Å². The summed E-state index contributed by atoms with van der Waals surface area (Å²) in [4.78, 5) is 10.7. The van der Waals surface area contributed by atoms with Crippen LogP contribution in [0.25, 0.3) is 0 Å². The van der Waals surface area contributed by atoms with Gasteiger partial charge in [0.1, 0.15) is 13.2 Å².